The van der Waals surface area contributed by atoms with Crippen LogP contribution in [0.1, 0.15) is 19.3 Å². The van der Waals surface area contributed by atoms with E-state index in [4.69, 9.17) is 10.8 Å². The second kappa shape index (κ2) is 7.31. The second-order valence-corrected chi connectivity index (χ2v) is 5.03. The lowest BCUT2D eigenvalue weighted by molar-refractivity contribution is 0.242. The SMILES string of the molecule is Nc1cccnc1N1CCN(CCCCCO)CC1. The molecule has 2 rings (SSSR count). The molecule has 0 aromatic carbocycles. The molecule has 0 atom stereocenters. The number of anilines is 2. The number of unbranched alkanes of at least 4 members (excludes halogenated alkanes) is 2. The van der Waals surface area contributed by atoms with Crippen molar-refractivity contribution in [2.75, 3.05) is 50.0 Å². The van der Waals surface area contributed by atoms with Gasteiger partial charge in [0.25, 0.3) is 0 Å². The van der Waals surface area contributed by atoms with E-state index in [0.717, 1.165) is 57.1 Å². The minimum absolute atomic E-state index is 0.312. The molecule has 5 nitrogen and oxygen atoms in total. The smallest absolute Gasteiger partial charge is 0.151 e. The van der Waals surface area contributed by atoms with Crippen molar-refractivity contribution in [1.82, 2.24) is 9.88 Å². The Morgan fingerprint density at radius 3 is 2.63 bits per heavy atom. The standard InChI is InChI=1S/C14H24N4O/c15-13-5-4-6-16-14(13)18-10-8-17(9-11-18)7-2-1-3-12-19/h4-6,19H,1-3,7-12,15H2. The van der Waals surface area contributed by atoms with Crippen LogP contribution in [-0.2, 0) is 0 Å². The van der Waals surface area contributed by atoms with Crippen molar-refractivity contribution in [3.8, 4) is 0 Å². The maximum absolute atomic E-state index is 8.75. The Morgan fingerprint density at radius 1 is 1.16 bits per heavy atom. The topological polar surface area (TPSA) is 65.6 Å². The van der Waals surface area contributed by atoms with Gasteiger partial charge in [0.2, 0.25) is 0 Å². The molecule has 0 amide bonds. The van der Waals surface area contributed by atoms with Crippen molar-refractivity contribution in [2.45, 2.75) is 19.3 Å². The van der Waals surface area contributed by atoms with Crippen molar-refractivity contribution in [2.24, 2.45) is 0 Å². The summed E-state index contributed by atoms with van der Waals surface area (Å²) in [5.74, 6) is 0.919. The van der Waals surface area contributed by atoms with Gasteiger partial charge in [-0.15, -0.1) is 0 Å². The molecule has 106 valence electrons. The lowest BCUT2D eigenvalue weighted by Gasteiger charge is -2.35. The molecule has 1 aromatic heterocycles. The van der Waals surface area contributed by atoms with Crippen LogP contribution in [0.2, 0.25) is 0 Å². The first-order chi connectivity index (χ1) is 9.31. The number of nitrogens with zero attached hydrogens (tertiary/aromatic N) is 3. The van der Waals surface area contributed by atoms with Crippen LogP contribution in [0.25, 0.3) is 0 Å². The average Bonchev–Trinajstić information content (AvgIpc) is 2.45. The van der Waals surface area contributed by atoms with E-state index >= 15 is 0 Å². The number of aliphatic hydroxyl groups is 1. The van der Waals surface area contributed by atoms with Gasteiger partial charge in [0.15, 0.2) is 5.82 Å². The van der Waals surface area contributed by atoms with E-state index in [1.807, 2.05) is 12.1 Å². The molecule has 0 bridgehead atoms. The van der Waals surface area contributed by atoms with Crippen molar-refractivity contribution in [1.29, 1.82) is 0 Å². The number of pyridine rings is 1. The van der Waals surface area contributed by atoms with Crippen LogP contribution in [-0.4, -0.2) is 54.3 Å². The van der Waals surface area contributed by atoms with Crippen LogP contribution in [0.15, 0.2) is 18.3 Å². The third kappa shape index (κ3) is 4.08. The van der Waals surface area contributed by atoms with E-state index < -0.39 is 0 Å². The number of piperazine rings is 1. The Hall–Kier alpha value is -1.33. The van der Waals surface area contributed by atoms with Gasteiger partial charge in [-0.1, -0.05) is 0 Å². The number of rotatable bonds is 6. The molecule has 3 N–H and O–H groups in total. The molecule has 19 heavy (non-hydrogen) atoms. The molecule has 1 aliphatic rings. The van der Waals surface area contributed by atoms with Crippen molar-refractivity contribution in [3.63, 3.8) is 0 Å². The largest absolute Gasteiger partial charge is 0.396 e. The maximum Gasteiger partial charge on any atom is 0.151 e. The summed E-state index contributed by atoms with van der Waals surface area (Å²) in [6, 6.07) is 3.78. The summed E-state index contributed by atoms with van der Waals surface area (Å²) < 4.78 is 0. The third-order valence-electron chi connectivity index (χ3n) is 3.62. The Morgan fingerprint density at radius 2 is 1.95 bits per heavy atom. The monoisotopic (exact) mass is 264 g/mol. The molecule has 1 fully saturated rings. The first-order valence-electron chi connectivity index (χ1n) is 7.10. The average molecular weight is 264 g/mol. The summed E-state index contributed by atoms with van der Waals surface area (Å²) in [4.78, 5) is 9.11. The minimum Gasteiger partial charge on any atom is -0.396 e. The highest BCUT2D eigenvalue weighted by molar-refractivity contribution is 5.62. The molecular weight excluding hydrogens is 240 g/mol. The van der Waals surface area contributed by atoms with E-state index in [-0.39, 0.29) is 0 Å². The summed E-state index contributed by atoms with van der Waals surface area (Å²) in [7, 11) is 0. The predicted octanol–water partition coefficient (Wildman–Crippen LogP) is 0.948. The molecule has 2 heterocycles. The zero-order valence-electron chi connectivity index (χ0n) is 11.5. The van der Waals surface area contributed by atoms with Crippen LogP contribution in [0.3, 0.4) is 0 Å². The quantitative estimate of drug-likeness (QED) is 0.749. The molecule has 1 aromatic rings. The zero-order valence-corrected chi connectivity index (χ0v) is 11.5. The number of hydrogen-bond acceptors (Lipinski definition) is 5. The van der Waals surface area contributed by atoms with E-state index in [2.05, 4.69) is 14.8 Å². The highest BCUT2D eigenvalue weighted by Gasteiger charge is 2.18. The molecule has 0 unspecified atom stereocenters. The molecule has 5 heteroatoms. The lowest BCUT2D eigenvalue weighted by Crippen LogP contribution is -2.47. The Labute approximate surface area is 115 Å². The highest BCUT2D eigenvalue weighted by Crippen LogP contribution is 2.20. The Kier molecular flexibility index (Phi) is 5.42. The fourth-order valence-corrected chi connectivity index (χ4v) is 2.48. The molecule has 0 saturated carbocycles. The number of nitrogens with two attached hydrogens (primary N) is 1. The number of aromatic nitrogens is 1. The lowest BCUT2D eigenvalue weighted by atomic mass is 10.2. The van der Waals surface area contributed by atoms with Crippen LogP contribution < -0.4 is 10.6 Å². The fraction of sp³-hybridized carbons (Fsp3) is 0.643. The summed E-state index contributed by atoms with van der Waals surface area (Å²) >= 11 is 0. The zero-order chi connectivity index (χ0) is 13.5. The molecule has 1 saturated heterocycles. The van der Waals surface area contributed by atoms with Crippen LogP contribution in [0, 0.1) is 0 Å². The van der Waals surface area contributed by atoms with Gasteiger partial charge in [0, 0.05) is 39.0 Å². The highest BCUT2D eigenvalue weighted by atomic mass is 16.2. The third-order valence-corrected chi connectivity index (χ3v) is 3.62. The van der Waals surface area contributed by atoms with E-state index in [1.165, 1.54) is 6.42 Å². The van der Waals surface area contributed by atoms with Crippen molar-refractivity contribution < 1.29 is 5.11 Å². The summed E-state index contributed by atoms with van der Waals surface area (Å²) in [5, 5.41) is 8.75. The van der Waals surface area contributed by atoms with Crippen LogP contribution >= 0.6 is 0 Å². The summed E-state index contributed by atoms with van der Waals surface area (Å²) in [6.45, 7) is 5.55. The molecule has 1 aliphatic heterocycles. The van der Waals surface area contributed by atoms with E-state index in [9.17, 15) is 0 Å². The number of aliphatic hydroxyl groups excluding tert-OH is 1. The Bertz CT molecular complexity index is 377. The van der Waals surface area contributed by atoms with Crippen molar-refractivity contribution in [3.05, 3.63) is 18.3 Å². The van der Waals surface area contributed by atoms with Crippen molar-refractivity contribution >= 4 is 11.5 Å². The predicted molar refractivity (Wildman–Crippen MR) is 78.2 cm³/mol. The molecule has 0 aliphatic carbocycles. The van der Waals surface area contributed by atoms with Crippen LogP contribution in [0.4, 0.5) is 11.5 Å². The minimum atomic E-state index is 0.312. The molecule has 0 spiro atoms. The van der Waals surface area contributed by atoms with E-state index in [1.54, 1.807) is 6.20 Å². The number of nitrogen functional groups attached to an aromatic ring is 1. The first kappa shape index (κ1) is 14.1. The number of hydrogen-bond donors (Lipinski definition) is 2. The van der Waals surface area contributed by atoms with Crippen LogP contribution in [0.5, 0.6) is 0 Å². The summed E-state index contributed by atoms with van der Waals surface area (Å²) in [5.41, 5.74) is 6.72. The maximum atomic E-state index is 8.75. The van der Waals surface area contributed by atoms with Gasteiger partial charge in [0.05, 0.1) is 5.69 Å². The van der Waals surface area contributed by atoms with Gasteiger partial charge in [0.1, 0.15) is 0 Å². The summed E-state index contributed by atoms with van der Waals surface area (Å²) in [6.07, 6.45) is 5.01. The van der Waals surface area contributed by atoms with Gasteiger partial charge in [-0.05, 0) is 37.9 Å². The van der Waals surface area contributed by atoms with Gasteiger partial charge in [-0.3, -0.25) is 4.90 Å². The van der Waals surface area contributed by atoms with Gasteiger partial charge >= 0.3 is 0 Å². The Balaban J connectivity index is 1.75. The second-order valence-electron chi connectivity index (χ2n) is 5.03. The normalized spacial score (nSPS) is 16.8. The molecule has 0 radical (unpaired) electrons. The van der Waals surface area contributed by atoms with Gasteiger partial charge in [-0.2, -0.15) is 0 Å². The van der Waals surface area contributed by atoms with Gasteiger partial charge in [-0.25, -0.2) is 4.98 Å². The first-order valence-corrected chi connectivity index (χ1v) is 7.10. The molecular formula is C14H24N4O. The van der Waals surface area contributed by atoms with E-state index in [0.29, 0.717) is 6.61 Å². The van der Waals surface area contributed by atoms with Gasteiger partial charge < -0.3 is 15.7 Å². The fourth-order valence-electron chi connectivity index (χ4n) is 2.48.